The van der Waals surface area contributed by atoms with Crippen LogP contribution >= 0.6 is 0 Å². The van der Waals surface area contributed by atoms with E-state index in [-0.39, 0.29) is 5.91 Å². The molecule has 0 atom stereocenters. The molecule has 0 aromatic carbocycles. The van der Waals surface area contributed by atoms with E-state index in [9.17, 15) is 4.79 Å². The summed E-state index contributed by atoms with van der Waals surface area (Å²) in [6.07, 6.45) is 1.71. The number of nitrogens with zero attached hydrogens (tertiary/aromatic N) is 3. The average molecular weight is 236 g/mol. The first-order valence-electron chi connectivity index (χ1n) is 5.79. The van der Waals surface area contributed by atoms with Crippen molar-refractivity contribution in [2.24, 2.45) is 0 Å². The molecule has 0 aliphatic heterocycles. The van der Waals surface area contributed by atoms with Gasteiger partial charge in [0.1, 0.15) is 5.69 Å². The smallest absolute Gasteiger partial charge is 0.274 e. The lowest BCUT2D eigenvalue weighted by Crippen LogP contribution is -2.33. The monoisotopic (exact) mass is 236 g/mol. The minimum absolute atomic E-state index is 0.0904. The second-order valence-corrected chi connectivity index (χ2v) is 3.80. The van der Waals surface area contributed by atoms with Gasteiger partial charge in [0.05, 0.1) is 11.4 Å². The molecule has 0 unspecified atom stereocenters. The highest BCUT2D eigenvalue weighted by molar-refractivity contribution is 5.98. The molecular formula is C12H20N4O. The Morgan fingerprint density at radius 3 is 2.71 bits per heavy atom. The van der Waals surface area contributed by atoms with Crippen molar-refractivity contribution in [2.75, 3.05) is 18.8 Å². The third-order valence-corrected chi connectivity index (χ3v) is 2.69. The van der Waals surface area contributed by atoms with Gasteiger partial charge in [-0.25, -0.2) is 0 Å². The van der Waals surface area contributed by atoms with E-state index in [1.165, 1.54) is 0 Å². The number of carbonyl (C=O) groups excluding carboxylic acids is 1. The molecule has 0 fully saturated rings. The van der Waals surface area contributed by atoms with Crippen LogP contribution in [-0.2, 0) is 6.54 Å². The number of aryl methyl sites for hydroxylation is 2. The van der Waals surface area contributed by atoms with E-state index in [4.69, 9.17) is 5.73 Å². The minimum Gasteiger partial charge on any atom is -0.395 e. The molecule has 94 valence electrons. The Balaban J connectivity index is 3.13. The molecule has 1 aromatic rings. The van der Waals surface area contributed by atoms with Crippen LogP contribution in [0.15, 0.2) is 12.7 Å². The summed E-state index contributed by atoms with van der Waals surface area (Å²) in [4.78, 5) is 14.0. The van der Waals surface area contributed by atoms with Crippen LogP contribution in [0.4, 0.5) is 5.69 Å². The van der Waals surface area contributed by atoms with Gasteiger partial charge in [-0.05, 0) is 20.8 Å². The van der Waals surface area contributed by atoms with Gasteiger partial charge < -0.3 is 10.6 Å². The molecule has 0 saturated heterocycles. The van der Waals surface area contributed by atoms with E-state index in [2.05, 4.69) is 11.7 Å². The third-order valence-electron chi connectivity index (χ3n) is 2.69. The van der Waals surface area contributed by atoms with Crippen molar-refractivity contribution in [3.8, 4) is 0 Å². The van der Waals surface area contributed by atoms with Gasteiger partial charge in [0.25, 0.3) is 5.91 Å². The molecule has 0 spiro atoms. The number of carbonyl (C=O) groups is 1. The Morgan fingerprint density at radius 1 is 1.59 bits per heavy atom. The third kappa shape index (κ3) is 2.49. The van der Waals surface area contributed by atoms with Crippen LogP contribution in [0, 0.1) is 6.92 Å². The predicted octanol–water partition coefficient (Wildman–Crippen LogP) is 1.44. The molecule has 1 aromatic heterocycles. The van der Waals surface area contributed by atoms with E-state index in [0.29, 0.717) is 36.7 Å². The number of likely N-dealkylation sites (N-methyl/N-ethyl adjacent to an activating group) is 1. The van der Waals surface area contributed by atoms with E-state index < -0.39 is 0 Å². The van der Waals surface area contributed by atoms with Crippen molar-refractivity contribution in [1.82, 2.24) is 14.7 Å². The van der Waals surface area contributed by atoms with Gasteiger partial charge in [0.2, 0.25) is 0 Å². The maximum absolute atomic E-state index is 12.3. The van der Waals surface area contributed by atoms with Crippen LogP contribution in [0.5, 0.6) is 0 Å². The molecular weight excluding hydrogens is 216 g/mol. The minimum atomic E-state index is -0.0904. The zero-order chi connectivity index (χ0) is 13.0. The molecule has 0 radical (unpaired) electrons. The van der Waals surface area contributed by atoms with Crippen molar-refractivity contribution < 1.29 is 4.79 Å². The molecule has 0 aliphatic carbocycles. The molecule has 0 saturated carbocycles. The molecule has 5 heteroatoms. The summed E-state index contributed by atoms with van der Waals surface area (Å²) < 4.78 is 1.65. The fourth-order valence-corrected chi connectivity index (χ4v) is 1.71. The van der Waals surface area contributed by atoms with Crippen LogP contribution in [0.3, 0.4) is 0 Å². The maximum Gasteiger partial charge on any atom is 0.274 e. The SMILES string of the molecule is C=CCN(CC)C(=O)c1c(N)c(C)nn1CC. The summed E-state index contributed by atoms with van der Waals surface area (Å²) in [7, 11) is 0. The van der Waals surface area contributed by atoms with Gasteiger partial charge in [-0.1, -0.05) is 6.08 Å². The second kappa shape index (κ2) is 5.52. The number of hydrogen-bond acceptors (Lipinski definition) is 3. The summed E-state index contributed by atoms with van der Waals surface area (Å²) in [6.45, 7) is 11.1. The number of nitrogens with two attached hydrogens (primary N) is 1. The predicted molar refractivity (Wildman–Crippen MR) is 68.8 cm³/mol. The molecule has 0 aliphatic rings. The summed E-state index contributed by atoms with van der Waals surface area (Å²) in [5, 5.41) is 4.24. The van der Waals surface area contributed by atoms with Crippen LogP contribution in [0.2, 0.25) is 0 Å². The van der Waals surface area contributed by atoms with E-state index in [1.54, 1.807) is 15.7 Å². The Labute approximate surface area is 102 Å². The van der Waals surface area contributed by atoms with Crippen molar-refractivity contribution >= 4 is 11.6 Å². The van der Waals surface area contributed by atoms with Gasteiger partial charge >= 0.3 is 0 Å². The van der Waals surface area contributed by atoms with E-state index >= 15 is 0 Å². The van der Waals surface area contributed by atoms with Crippen LogP contribution in [0.25, 0.3) is 0 Å². The van der Waals surface area contributed by atoms with Gasteiger partial charge in [0, 0.05) is 19.6 Å². The lowest BCUT2D eigenvalue weighted by molar-refractivity contribution is 0.0771. The molecule has 1 amide bonds. The summed E-state index contributed by atoms with van der Waals surface area (Å²) in [5.41, 5.74) is 7.56. The zero-order valence-corrected chi connectivity index (χ0v) is 10.7. The summed E-state index contributed by atoms with van der Waals surface area (Å²) in [5.74, 6) is -0.0904. The zero-order valence-electron chi connectivity index (χ0n) is 10.7. The van der Waals surface area contributed by atoms with Gasteiger partial charge in [-0.2, -0.15) is 5.10 Å². The molecule has 5 nitrogen and oxygen atoms in total. The standard InChI is InChI=1S/C12H20N4O/c1-5-8-15(6-2)12(17)11-10(13)9(4)14-16(11)7-3/h5H,1,6-8,13H2,2-4H3. The lowest BCUT2D eigenvalue weighted by Gasteiger charge is -2.19. The molecule has 1 heterocycles. The van der Waals surface area contributed by atoms with Crippen LogP contribution < -0.4 is 5.73 Å². The van der Waals surface area contributed by atoms with E-state index in [1.807, 2.05) is 20.8 Å². The normalized spacial score (nSPS) is 10.3. The molecule has 17 heavy (non-hydrogen) atoms. The molecule has 1 rings (SSSR count). The number of anilines is 1. The molecule has 2 N–H and O–H groups in total. The number of rotatable bonds is 5. The highest BCUT2D eigenvalue weighted by atomic mass is 16.2. The Morgan fingerprint density at radius 2 is 2.24 bits per heavy atom. The molecule has 0 bridgehead atoms. The van der Waals surface area contributed by atoms with Gasteiger partial charge in [-0.3, -0.25) is 9.48 Å². The van der Waals surface area contributed by atoms with Crippen molar-refractivity contribution in [1.29, 1.82) is 0 Å². The largest absolute Gasteiger partial charge is 0.395 e. The highest BCUT2D eigenvalue weighted by Gasteiger charge is 2.22. The lowest BCUT2D eigenvalue weighted by atomic mass is 10.2. The quantitative estimate of drug-likeness (QED) is 0.787. The topological polar surface area (TPSA) is 64.2 Å². The van der Waals surface area contributed by atoms with Crippen LogP contribution in [-0.4, -0.2) is 33.7 Å². The number of nitrogen functional groups attached to an aromatic ring is 1. The summed E-state index contributed by atoms with van der Waals surface area (Å²) in [6, 6.07) is 0. The van der Waals surface area contributed by atoms with E-state index in [0.717, 1.165) is 0 Å². The van der Waals surface area contributed by atoms with Crippen molar-refractivity contribution in [2.45, 2.75) is 27.3 Å². The van der Waals surface area contributed by atoms with Crippen LogP contribution in [0.1, 0.15) is 30.0 Å². The number of hydrogen-bond donors (Lipinski definition) is 1. The first kappa shape index (κ1) is 13.3. The average Bonchev–Trinajstić information content (AvgIpc) is 2.61. The highest BCUT2D eigenvalue weighted by Crippen LogP contribution is 2.18. The second-order valence-electron chi connectivity index (χ2n) is 3.80. The van der Waals surface area contributed by atoms with Gasteiger partial charge in [-0.15, -0.1) is 6.58 Å². The first-order chi connectivity index (χ1) is 8.06. The van der Waals surface area contributed by atoms with Crippen molar-refractivity contribution in [3.05, 3.63) is 24.0 Å². The maximum atomic E-state index is 12.3. The van der Waals surface area contributed by atoms with Crippen molar-refractivity contribution in [3.63, 3.8) is 0 Å². The number of aromatic nitrogens is 2. The summed E-state index contributed by atoms with van der Waals surface area (Å²) >= 11 is 0. The fourth-order valence-electron chi connectivity index (χ4n) is 1.71. The Kier molecular flexibility index (Phi) is 4.31. The Bertz CT molecular complexity index is 422. The first-order valence-corrected chi connectivity index (χ1v) is 5.79. The van der Waals surface area contributed by atoms with Gasteiger partial charge in [0.15, 0.2) is 0 Å². The Hall–Kier alpha value is -1.78. The fraction of sp³-hybridized carbons (Fsp3) is 0.500. The number of amides is 1.